The second kappa shape index (κ2) is 6.93. The Kier molecular flexibility index (Phi) is 4.53. The molecule has 0 atom stereocenters. The van der Waals surface area contributed by atoms with Crippen molar-refractivity contribution in [2.75, 3.05) is 5.32 Å². The maximum absolute atomic E-state index is 3.50. The van der Waals surface area contributed by atoms with Gasteiger partial charge in [0, 0.05) is 0 Å². The molecule has 0 saturated heterocycles. The van der Waals surface area contributed by atoms with Crippen LogP contribution in [0.2, 0.25) is 0 Å². The van der Waals surface area contributed by atoms with Crippen LogP contribution in [0.5, 0.6) is 0 Å². The number of aryl methyl sites for hydroxylation is 2. The van der Waals surface area contributed by atoms with E-state index in [1.54, 1.807) is 0 Å². The Morgan fingerprint density at radius 2 is 1.26 bits per heavy atom. The Morgan fingerprint density at radius 3 is 1.87 bits per heavy atom. The molecule has 0 aliphatic rings. The lowest BCUT2D eigenvalue weighted by atomic mass is 10.1. The Balaban J connectivity index is 1.98. The summed E-state index contributed by atoms with van der Waals surface area (Å²) < 4.78 is 0. The van der Waals surface area contributed by atoms with Crippen LogP contribution in [0.4, 0.5) is 11.4 Å². The molecule has 0 amide bonds. The molecule has 23 heavy (non-hydrogen) atoms. The topological polar surface area (TPSA) is 26.0 Å². The minimum atomic E-state index is 0.972. The van der Waals surface area contributed by atoms with Gasteiger partial charge in [-0.05, 0) is 50.2 Å². The first-order valence-corrected chi connectivity index (χ1v) is 7.80. The standard InChI is InChI=1S/C21H20N2/c1-16-8-12-18(13-9-16)21(22-19-6-4-3-5-7-19)23-20-14-10-17(2)11-15-20/h3-15H,1-2H3,(H,22,23)/p+1. The third-order valence-electron chi connectivity index (χ3n) is 3.70. The second-order valence-corrected chi connectivity index (χ2v) is 5.72. The molecule has 2 nitrogen and oxygen atoms in total. The smallest absolute Gasteiger partial charge is 0.240 e. The van der Waals surface area contributed by atoms with E-state index >= 15 is 0 Å². The molecule has 0 aliphatic heterocycles. The highest BCUT2D eigenvalue weighted by atomic mass is 15.0. The number of benzene rings is 3. The van der Waals surface area contributed by atoms with Crippen molar-refractivity contribution >= 4 is 17.2 Å². The summed E-state index contributed by atoms with van der Waals surface area (Å²) in [7, 11) is 0. The lowest BCUT2D eigenvalue weighted by Gasteiger charge is -2.05. The van der Waals surface area contributed by atoms with Gasteiger partial charge in [0.2, 0.25) is 0 Å². The number of hydrogen-bond donors (Lipinski definition) is 2. The molecule has 0 aliphatic carbocycles. The van der Waals surface area contributed by atoms with Crippen molar-refractivity contribution in [3.05, 3.63) is 95.6 Å². The largest absolute Gasteiger partial charge is 0.285 e. The van der Waals surface area contributed by atoms with Crippen LogP contribution in [0.15, 0.2) is 78.9 Å². The normalized spacial score (nSPS) is 11.3. The number of para-hydroxylation sites is 1. The minimum absolute atomic E-state index is 0.972. The van der Waals surface area contributed by atoms with Crippen LogP contribution in [0, 0.1) is 13.8 Å². The van der Waals surface area contributed by atoms with E-state index in [4.69, 9.17) is 0 Å². The quantitative estimate of drug-likeness (QED) is 0.561. The molecule has 3 aromatic rings. The Hall–Kier alpha value is -2.87. The first-order chi connectivity index (χ1) is 11.2. The molecule has 2 heteroatoms. The van der Waals surface area contributed by atoms with Crippen LogP contribution >= 0.6 is 0 Å². The summed E-state index contributed by atoms with van der Waals surface area (Å²) in [5.74, 6) is 0.972. The monoisotopic (exact) mass is 301 g/mol. The molecule has 0 saturated carbocycles. The zero-order valence-electron chi connectivity index (χ0n) is 13.5. The molecule has 0 spiro atoms. The van der Waals surface area contributed by atoms with Crippen LogP contribution in [0.1, 0.15) is 16.7 Å². The summed E-state index contributed by atoms with van der Waals surface area (Å²) in [6, 6.07) is 27.1. The van der Waals surface area contributed by atoms with Crippen molar-refractivity contribution in [2.45, 2.75) is 13.8 Å². The fourth-order valence-corrected chi connectivity index (χ4v) is 2.34. The van der Waals surface area contributed by atoms with E-state index in [1.165, 1.54) is 11.1 Å². The van der Waals surface area contributed by atoms with E-state index < -0.39 is 0 Å². The fourth-order valence-electron chi connectivity index (χ4n) is 2.34. The number of amidine groups is 1. The van der Waals surface area contributed by atoms with Gasteiger partial charge >= 0.3 is 0 Å². The third-order valence-corrected chi connectivity index (χ3v) is 3.70. The van der Waals surface area contributed by atoms with Crippen molar-refractivity contribution < 1.29 is 4.99 Å². The van der Waals surface area contributed by atoms with Gasteiger partial charge in [0.25, 0.3) is 5.84 Å². The Morgan fingerprint density at radius 1 is 0.696 bits per heavy atom. The van der Waals surface area contributed by atoms with Crippen molar-refractivity contribution in [1.82, 2.24) is 0 Å². The fraction of sp³-hybridized carbons (Fsp3) is 0.0952. The summed E-state index contributed by atoms with van der Waals surface area (Å²) >= 11 is 0. The zero-order valence-corrected chi connectivity index (χ0v) is 13.5. The lowest BCUT2D eigenvalue weighted by Crippen LogP contribution is -2.68. The molecular formula is C21H21N2+. The van der Waals surface area contributed by atoms with Gasteiger partial charge in [-0.1, -0.05) is 53.6 Å². The molecule has 2 N–H and O–H groups in total. The number of hydrogen-bond acceptors (Lipinski definition) is 0. The second-order valence-electron chi connectivity index (χ2n) is 5.72. The van der Waals surface area contributed by atoms with Crippen LogP contribution in [0.25, 0.3) is 0 Å². The molecule has 0 radical (unpaired) electrons. The van der Waals surface area contributed by atoms with Crippen LogP contribution in [-0.4, -0.2) is 5.84 Å². The van der Waals surface area contributed by atoms with Crippen molar-refractivity contribution in [1.29, 1.82) is 0 Å². The van der Waals surface area contributed by atoms with Gasteiger partial charge in [-0.3, -0.25) is 0 Å². The Bertz CT molecular complexity index is 786. The van der Waals surface area contributed by atoms with Gasteiger partial charge in [0.1, 0.15) is 11.4 Å². The summed E-state index contributed by atoms with van der Waals surface area (Å²) in [5, 5.41) is 3.48. The van der Waals surface area contributed by atoms with E-state index in [2.05, 4.69) is 84.8 Å². The minimum Gasteiger partial charge on any atom is -0.240 e. The first-order valence-electron chi connectivity index (χ1n) is 7.80. The van der Waals surface area contributed by atoms with Crippen LogP contribution in [-0.2, 0) is 0 Å². The van der Waals surface area contributed by atoms with Crippen molar-refractivity contribution in [2.24, 2.45) is 0 Å². The van der Waals surface area contributed by atoms with E-state index in [0.717, 1.165) is 22.8 Å². The summed E-state index contributed by atoms with van der Waals surface area (Å²) in [6.45, 7) is 4.19. The van der Waals surface area contributed by atoms with E-state index in [0.29, 0.717) is 0 Å². The predicted molar refractivity (Wildman–Crippen MR) is 97.2 cm³/mol. The average Bonchev–Trinajstić information content (AvgIpc) is 2.58. The van der Waals surface area contributed by atoms with Gasteiger partial charge < -0.3 is 0 Å². The van der Waals surface area contributed by atoms with Crippen LogP contribution < -0.4 is 10.3 Å². The van der Waals surface area contributed by atoms with Gasteiger partial charge in [-0.2, -0.15) is 0 Å². The molecule has 3 aromatic carbocycles. The van der Waals surface area contributed by atoms with Gasteiger partial charge in [-0.25, -0.2) is 10.3 Å². The molecule has 0 bridgehead atoms. The SMILES string of the molecule is Cc1ccc([NH+]=C(Nc2ccccc2)c2ccc(C)cc2)cc1. The molecule has 3 rings (SSSR count). The zero-order chi connectivity index (χ0) is 16.1. The van der Waals surface area contributed by atoms with E-state index in [1.807, 2.05) is 18.2 Å². The molecular weight excluding hydrogens is 280 g/mol. The highest BCUT2D eigenvalue weighted by molar-refractivity contribution is 6.04. The van der Waals surface area contributed by atoms with E-state index in [-0.39, 0.29) is 0 Å². The van der Waals surface area contributed by atoms with Gasteiger partial charge in [-0.15, -0.1) is 0 Å². The van der Waals surface area contributed by atoms with Crippen LogP contribution in [0.3, 0.4) is 0 Å². The molecule has 0 heterocycles. The maximum Gasteiger partial charge on any atom is 0.285 e. The number of nitrogens with one attached hydrogen (secondary N) is 2. The van der Waals surface area contributed by atoms with E-state index in [9.17, 15) is 0 Å². The third kappa shape index (κ3) is 4.07. The molecule has 114 valence electrons. The number of rotatable bonds is 3. The molecule has 0 unspecified atom stereocenters. The highest BCUT2D eigenvalue weighted by Gasteiger charge is 2.11. The predicted octanol–water partition coefficient (Wildman–Crippen LogP) is 3.57. The highest BCUT2D eigenvalue weighted by Crippen LogP contribution is 2.09. The van der Waals surface area contributed by atoms with Crippen molar-refractivity contribution in [3.8, 4) is 0 Å². The lowest BCUT2D eigenvalue weighted by molar-refractivity contribution is -0.352. The first kappa shape index (κ1) is 15.0. The molecule has 0 aromatic heterocycles. The van der Waals surface area contributed by atoms with Gasteiger partial charge in [0.15, 0.2) is 0 Å². The maximum atomic E-state index is 3.50. The van der Waals surface area contributed by atoms with Crippen molar-refractivity contribution in [3.63, 3.8) is 0 Å². The average molecular weight is 301 g/mol. The Labute approximate surface area is 137 Å². The summed E-state index contributed by atoms with van der Waals surface area (Å²) in [6.07, 6.45) is 0. The number of anilines is 1. The summed E-state index contributed by atoms with van der Waals surface area (Å²) in [5.41, 5.74) is 5.75. The molecule has 0 fully saturated rings. The van der Waals surface area contributed by atoms with Gasteiger partial charge in [0.05, 0.1) is 5.56 Å². The summed E-state index contributed by atoms with van der Waals surface area (Å²) in [4.78, 5) is 3.50.